The van der Waals surface area contributed by atoms with E-state index < -0.39 is 0 Å². The van der Waals surface area contributed by atoms with Gasteiger partial charge in [0.25, 0.3) is 5.91 Å². The number of aromatic nitrogens is 1. The average Bonchev–Trinajstić information content (AvgIpc) is 2.79. The van der Waals surface area contributed by atoms with Gasteiger partial charge in [0.2, 0.25) is 5.91 Å². The maximum atomic E-state index is 12.7. The molecule has 154 valence electrons. The molecule has 4 aromatic rings. The summed E-state index contributed by atoms with van der Waals surface area (Å²) in [6.07, 6.45) is 1.63. The van der Waals surface area contributed by atoms with E-state index >= 15 is 0 Å². The van der Waals surface area contributed by atoms with Crippen molar-refractivity contribution < 1.29 is 9.59 Å². The summed E-state index contributed by atoms with van der Waals surface area (Å²) in [6, 6.07) is 26.4. The van der Waals surface area contributed by atoms with E-state index in [-0.39, 0.29) is 17.1 Å². The van der Waals surface area contributed by atoms with Crippen LogP contribution in [0.25, 0.3) is 10.8 Å². The largest absolute Gasteiger partial charge is 0.322 e. The lowest BCUT2D eigenvalue weighted by Gasteiger charge is -2.13. The second kappa shape index (κ2) is 9.45. The van der Waals surface area contributed by atoms with E-state index in [9.17, 15) is 9.59 Å². The number of hydrogen-bond donors (Lipinski definition) is 2. The Bertz CT molecular complexity index is 1230. The molecule has 31 heavy (non-hydrogen) atoms. The summed E-state index contributed by atoms with van der Waals surface area (Å²) < 4.78 is 0. The number of nitrogens with zero attached hydrogens (tertiary/aromatic N) is 1. The number of pyridine rings is 1. The first-order valence-electron chi connectivity index (χ1n) is 9.87. The zero-order valence-electron chi connectivity index (χ0n) is 16.9. The third kappa shape index (κ3) is 5.29. The fourth-order valence-corrected chi connectivity index (χ4v) is 4.03. The van der Waals surface area contributed by atoms with E-state index in [0.29, 0.717) is 17.1 Å². The van der Waals surface area contributed by atoms with Gasteiger partial charge in [-0.25, -0.2) is 4.98 Å². The molecule has 2 amide bonds. The molecule has 1 unspecified atom stereocenters. The second-order valence-corrected chi connectivity index (χ2v) is 8.42. The monoisotopic (exact) mass is 427 g/mol. The quantitative estimate of drug-likeness (QED) is 0.393. The van der Waals surface area contributed by atoms with Crippen molar-refractivity contribution in [2.45, 2.75) is 17.1 Å². The molecule has 5 nitrogen and oxygen atoms in total. The first kappa shape index (κ1) is 20.6. The molecule has 0 spiro atoms. The third-order valence-electron chi connectivity index (χ3n) is 4.70. The normalized spacial score (nSPS) is 11.6. The Morgan fingerprint density at radius 2 is 1.65 bits per heavy atom. The lowest BCUT2D eigenvalue weighted by Crippen LogP contribution is -2.22. The van der Waals surface area contributed by atoms with Gasteiger partial charge in [-0.1, -0.05) is 42.5 Å². The van der Waals surface area contributed by atoms with Crippen LogP contribution in [0, 0.1) is 0 Å². The molecule has 6 heteroatoms. The Hall–Kier alpha value is -3.64. The summed E-state index contributed by atoms with van der Waals surface area (Å²) in [5.74, 6) is 0.222. The molecule has 0 aliphatic carbocycles. The molecular formula is C25H21N3O2S. The van der Waals surface area contributed by atoms with Gasteiger partial charge < -0.3 is 10.6 Å². The Kier molecular flexibility index (Phi) is 6.29. The number of thioether (sulfide) groups is 1. The van der Waals surface area contributed by atoms with Gasteiger partial charge in [0, 0.05) is 22.3 Å². The fourth-order valence-electron chi connectivity index (χ4n) is 3.10. The molecule has 1 heterocycles. The van der Waals surface area contributed by atoms with Crippen LogP contribution in [0.1, 0.15) is 17.3 Å². The van der Waals surface area contributed by atoms with Crippen LogP contribution in [-0.2, 0) is 4.79 Å². The van der Waals surface area contributed by atoms with E-state index in [1.54, 1.807) is 18.3 Å². The number of carbonyl (C=O) groups excluding carboxylic acids is 2. The van der Waals surface area contributed by atoms with Crippen molar-refractivity contribution in [2.75, 3.05) is 10.6 Å². The van der Waals surface area contributed by atoms with Crippen molar-refractivity contribution in [3.63, 3.8) is 0 Å². The van der Waals surface area contributed by atoms with E-state index in [1.165, 1.54) is 11.8 Å². The molecule has 2 N–H and O–H groups in total. The van der Waals surface area contributed by atoms with Crippen LogP contribution in [-0.4, -0.2) is 22.0 Å². The van der Waals surface area contributed by atoms with Crippen LogP contribution >= 0.6 is 11.8 Å². The highest BCUT2D eigenvalue weighted by atomic mass is 32.2. The Morgan fingerprint density at radius 1 is 0.839 bits per heavy atom. The Balaban J connectivity index is 1.41. The first-order chi connectivity index (χ1) is 15.1. The van der Waals surface area contributed by atoms with Crippen LogP contribution in [0.4, 0.5) is 11.5 Å². The number of carbonyl (C=O) groups is 2. The fraction of sp³-hybridized carbons (Fsp3) is 0.0800. The summed E-state index contributed by atoms with van der Waals surface area (Å²) in [6.45, 7) is 1.84. The first-order valence-corrected chi connectivity index (χ1v) is 10.8. The summed E-state index contributed by atoms with van der Waals surface area (Å²) in [5, 5.41) is 7.54. The van der Waals surface area contributed by atoms with Gasteiger partial charge in [0.15, 0.2) is 0 Å². The van der Waals surface area contributed by atoms with Crippen molar-refractivity contribution in [1.29, 1.82) is 0 Å². The van der Waals surface area contributed by atoms with Gasteiger partial charge >= 0.3 is 0 Å². The van der Waals surface area contributed by atoms with Gasteiger partial charge in [-0.05, 0) is 60.2 Å². The summed E-state index contributed by atoms with van der Waals surface area (Å²) >= 11 is 1.42. The topological polar surface area (TPSA) is 71.1 Å². The minimum Gasteiger partial charge on any atom is -0.322 e. The number of nitrogens with one attached hydrogen (secondary N) is 2. The SMILES string of the molecule is CC(Sc1cccc(NC(=O)c2ccc3ccccc3c2)c1)C(=O)Nc1ccccn1. The zero-order chi connectivity index (χ0) is 21.6. The molecule has 0 aliphatic heterocycles. The van der Waals surface area contributed by atoms with Crippen molar-refractivity contribution in [2.24, 2.45) is 0 Å². The lowest BCUT2D eigenvalue weighted by atomic mass is 10.1. The second-order valence-electron chi connectivity index (χ2n) is 7.01. The molecule has 0 aliphatic rings. The van der Waals surface area contributed by atoms with Crippen LogP contribution < -0.4 is 10.6 Å². The van der Waals surface area contributed by atoms with Crippen molar-refractivity contribution >= 4 is 45.9 Å². The number of amides is 2. The van der Waals surface area contributed by atoms with Gasteiger partial charge in [-0.3, -0.25) is 9.59 Å². The molecule has 0 saturated carbocycles. The van der Waals surface area contributed by atoms with E-state index in [2.05, 4.69) is 15.6 Å². The van der Waals surface area contributed by atoms with E-state index in [4.69, 9.17) is 0 Å². The van der Waals surface area contributed by atoms with Crippen LogP contribution in [0.3, 0.4) is 0 Å². The molecule has 0 bridgehead atoms. The van der Waals surface area contributed by atoms with Gasteiger partial charge in [0.05, 0.1) is 5.25 Å². The molecule has 1 aromatic heterocycles. The van der Waals surface area contributed by atoms with Crippen molar-refractivity contribution in [3.8, 4) is 0 Å². The molecule has 0 radical (unpaired) electrons. The smallest absolute Gasteiger partial charge is 0.255 e. The van der Waals surface area contributed by atoms with Crippen LogP contribution in [0.2, 0.25) is 0 Å². The van der Waals surface area contributed by atoms with E-state index in [0.717, 1.165) is 15.7 Å². The molecular weight excluding hydrogens is 406 g/mol. The maximum absolute atomic E-state index is 12.7. The van der Waals surface area contributed by atoms with Crippen molar-refractivity contribution in [1.82, 2.24) is 4.98 Å². The highest BCUT2D eigenvalue weighted by molar-refractivity contribution is 8.00. The predicted octanol–water partition coefficient (Wildman–Crippen LogP) is 5.61. The summed E-state index contributed by atoms with van der Waals surface area (Å²) in [5.41, 5.74) is 1.28. The zero-order valence-corrected chi connectivity index (χ0v) is 17.7. The molecule has 0 fully saturated rings. The standard InChI is InChI=1S/C25H21N3O2S/c1-17(24(29)28-23-11-4-5-14-26-23)31-22-10-6-9-21(16-22)27-25(30)20-13-12-18-7-2-3-8-19(18)15-20/h2-17H,1H3,(H,27,30)(H,26,28,29). The molecule has 0 saturated heterocycles. The third-order valence-corrected chi connectivity index (χ3v) is 5.80. The molecule has 4 rings (SSSR count). The Morgan fingerprint density at radius 3 is 2.45 bits per heavy atom. The van der Waals surface area contributed by atoms with Gasteiger partial charge in [-0.2, -0.15) is 0 Å². The molecule has 1 atom stereocenters. The Labute approximate surface area is 184 Å². The highest BCUT2D eigenvalue weighted by Gasteiger charge is 2.15. The van der Waals surface area contributed by atoms with E-state index in [1.807, 2.05) is 79.7 Å². The van der Waals surface area contributed by atoms with Crippen LogP contribution in [0.15, 0.2) is 96.0 Å². The minimum absolute atomic E-state index is 0.130. The minimum atomic E-state index is -0.326. The predicted molar refractivity (Wildman–Crippen MR) is 127 cm³/mol. The summed E-state index contributed by atoms with van der Waals surface area (Å²) in [4.78, 5) is 30.1. The lowest BCUT2D eigenvalue weighted by molar-refractivity contribution is -0.115. The summed E-state index contributed by atoms with van der Waals surface area (Å²) in [7, 11) is 0. The van der Waals surface area contributed by atoms with Gasteiger partial charge in [-0.15, -0.1) is 11.8 Å². The number of fused-ring (bicyclic) bond motifs is 1. The van der Waals surface area contributed by atoms with Gasteiger partial charge in [0.1, 0.15) is 5.82 Å². The average molecular weight is 428 g/mol. The maximum Gasteiger partial charge on any atom is 0.255 e. The molecule has 3 aromatic carbocycles. The van der Waals surface area contributed by atoms with Crippen LogP contribution in [0.5, 0.6) is 0 Å². The number of benzene rings is 3. The van der Waals surface area contributed by atoms with Crippen molar-refractivity contribution in [3.05, 3.63) is 96.7 Å². The number of anilines is 2. The highest BCUT2D eigenvalue weighted by Crippen LogP contribution is 2.27. The number of rotatable bonds is 6. The number of hydrogen-bond acceptors (Lipinski definition) is 4.